The highest BCUT2D eigenvalue weighted by Gasteiger charge is 2.21. The average Bonchev–Trinajstić information content (AvgIpc) is 2.79. The van der Waals surface area contributed by atoms with Gasteiger partial charge >= 0.3 is 5.69 Å². The highest BCUT2D eigenvalue weighted by Crippen LogP contribution is 2.39. The van der Waals surface area contributed by atoms with Gasteiger partial charge in [-0.2, -0.15) is 0 Å². The van der Waals surface area contributed by atoms with Gasteiger partial charge in [0.2, 0.25) is 0 Å². The van der Waals surface area contributed by atoms with Gasteiger partial charge in [0.1, 0.15) is 15.7 Å². The summed E-state index contributed by atoms with van der Waals surface area (Å²) in [6.45, 7) is 0. The van der Waals surface area contributed by atoms with Gasteiger partial charge in [0, 0.05) is 25.4 Å². The molecule has 0 fully saturated rings. The van der Waals surface area contributed by atoms with E-state index in [0.29, 0.717) is 32.4 Å². The SMILES string of the molecule is COc1cc2ncc3c4c2c(oc2ccncc2n4c(=O)n3C)c1Br. The van der Waals surface area contributed by atoms with Crippen LogP contribution < -0.4 is 10.4 Å². The first kappa shape index (κ1) is 14.5. The molecule has 4 heterocycles. The van der Waals surface area contributed by atoms with Gasteiger partial charge in [0.15, 0.2) is 11.2 Å². The van der Waals surface area contributed by atoms with Crippen LogP contribution in [0.3, 0.4) is 0 Å². The predicted molar refractivity (Wildman–Crippen MR) is 97.3 cm³/mol. The lowest BCUT2D eigenvalue weighted by Gasteiger charge is -2.07. The Morgan fingerprint density at radius 1 is 1.28 bits per heavy atom. The summed E-state index contributed by atoms with van der Waals surface area (Å²) in [4.78, 5) is 21.6. The zero-order chi connectivity index (χ0) is 17.3. The number of rotatable bonds is 1. The number of fused-ring (bicyclic) bond motifs is 2. The second-order valence-corrected chi connectivity index (χ2v) is 6.52. The molecule has 8 heteroatoms. The van der Waals surface area contributed by atoms with E-state index in [1.54, 1.807) is 47.8 Å². The van der Waals surface area contributed by atoms with E-state index in [4.69, 9.17) is 9.15 Å². The summed E-state index contributed by atoms with van der Waals surface area (Å²) in [5, 5.41) is 0.749. The van der Waals surface area contributed by atoms with Gasteiger partial charge in [-0.3, -0.25) is 18.9 Å². The highest BCUT2D eigenvalue weighted by molar-refractivity contribution is 9.10. The van der Waals surface area contributed by atoms with E-state index < -0.39 is 0 Å². The average molecular weight is 399 g/mol. The number of aromatic nitrogens is 4. The fourth-order valence-electron chi connectivity index (χ4n) is 3.27. The van der Waals surface area contributed by atoms with Crippen molar-refractivity contribution < 1.29 is 9.15 Å². The second kappa shape index (κ2) is 4.82. The van der Waals surface area contributed by atoms with Crippen LogP contribution in [0.25, 0.3) is 38.6 Å². The van der Waals surface area contributed by atoms with Gasteiger partial charge in [0.25, 0.3) is 0 Å². The molecule has 1 aromatic carbocycles. The van der Waals surface area contributed by atoms with Crippen molar-refractivity contribution in [3.05, 3.63) is 45.7 Å². The molecule has 0 saturated carbocycles. The van der Waals surface area contributed by atoms with Crippen LogP contribution >= 0.6 is 15.9 Å². The lowest BCUT2D eigenvalue weighted by Crippen LogP contribution is -2.17. The smallest absolute Gasteiger partial charge is 0.333 e. The molecule has 4 aromatic heterocycles. The molecule has 0 aliphatic heterocycles. The minimum absolute atomic E-state index is 0.179. The maximum absolute atomic E-state index is 12.9. The van der Waals surface area contributed by atoms with Gasteiger partial charge in [-0.25, -0.2) is 4.79 Å². The largest absolute Gasteiger partial charge is 0.495 e. The first-order chi connectivity index (χ1) is 12.1. The molecule has 25 heavy (non-hydrogen) atoms. The molecule has 7 nitrogen and oxygen atoms in total. The fraction of sp³-hybridized carbons (Fsp3) is 0.118. The third-order valence-corrected chi connectivity index (χ3v) is 5.22. The van der Waals surface area contributed by atoms with E-state index in [0.717, 1.165) is 16.4 Å². The summed E-state index contributed by atoms with van der Waals surface area (Å²) in [5.41, 5.74) is 3.66. The van der Waals surface area contributed by atoms with Crippen molar-refractivity contribution in [2.45, 2.75) is 0 Å². The summed E-state index contributed by atoms with van der Waals surface area (Å²) in [6.07, 6.45) is 4.94. The number of methoxy groups -OCH3 is 1. The van der Waals surface area contributed by atoms with Gasteiger partial charge in [0.05, 0.1) is 41.4 Å². The lowest BCUT2D eigenvalue weighted by atomic mass is 10.1. The highest BCUT2D eigenvalue weighted by atomic mass is 79.9. The maximum atomic E-state index is 12.9. The molecular formula is C17H11BrN4O3. The number of pyridine rings is 2. The van der Waals surface area contributed by atoms with Crippen molar-refractivity contribution >= 4 is 54.5 Å². The number of nitrogens with zero attached hydrogens (tertiary/aromatic N) is 4. The molecule has 0 bridgehead atoms. The Labute approximate surface area is 148 Å². The Balaban J connectivity index is 2.30. The van der Waals surface area contributed by atoms with Crippen molar-refractivity contribution in [1.82, 2.24) is 18.9 Å². The zero-order valence-electron chi connectivity index (χ0n) is 13.3. The van der Waals surface area contributed by atoms with Crippen molar-refractivity contribution in [1.29, 1.82) is 0 Å². The van der Waals surface area contributed by atoms with Gasteiger partial charge in [-0.1, -0.05) is 0 Å². The van der Waals surface area contributed by atoms with Gasteiger partial charge < -0.3 is 9.15 Å². The molecule has 0 N–H and O–H groups in total. The van der Waals surface area contributed by atoms with Crippen LogP contribution in [-0.2, 0) is 7.05 Å². The Morgan fingerprint density at radius 2 is 2.12 bits per heavy atom. The number of aryl methyl sites for hydroxylation is 1. The Hall–Kier alpha value is -2.87. The van der Waals surface area contributed by atoms with Crippen LogP contribution in [0.2, 0.25) is 0 Å². The summed E-state index contributed by atoms with van der Waals surface area (Å²) in [5.74, 6) is 0.608. The second-order valence-electron chi connectivity index (χ2n) is 5.73. The quantitative estimate of drug-likeness (QED) is 0.433. The summed E-state index contributed by atoms with van der Waals surface area (Å²) in [6, 6.07) is 3.55. The molecule has 0 unspecified atom stereocenters. The first-order valence-corrected chi connectivity index (χ1v) is 8.30. The van der Waals surface area contributed by atoms with Crippen LogP contribution in [0.1, 0.15) is 0 Å². The van der Waals surface area contributed by atoms with Crippen molar-refractivity contribution in [2.75, 3.05) is 7.11 Å². The molecule has 124 valence electrons. The zero-order valence-corrected chi connectivity index (χ0v) is 14.9. The summed E-state index contributed by atoms with van der Waals surface area (Å²) in [7, 11) is 3.32. The minimum Gasteiger partial charge on any atom is -0.495 e. The topological polar surface area (TPSA) is 74.6 Å². The molecule has 5 rings (SSSR count). The third kappa shape index (κ3) is 1.72. The van der Waals surface area contributed by atoms with Gasteiger partial charge in [-0.15, -0.1) is 0 Å². The minimum atomic E-state index is -0.179. The molecule has 0 radical (unpaired) electrons. The van der Waals surface area contributed by atoms with E-state index in [1.165, 1.54) is 0 Å². The van der Waals surface area contributed by atoms with Crippen LogP contribution in [0.15, 0.2) is 44.4 Å². The molecule has 0 spiro atoms. The Bertz CT molecular complexity index is 1380. The van der Waals surface area contributed by atoms with E-state index >= 15 is 0 Å². The normalized spacial score (nSPS) is 12.0. The molecule has 0 amide bonds. The van der Waals surface area contributed by atoms with E-state index in [2.05, 4.69) is 25.9 Å². The number of benzene rings is 1. The summed E-state index contributed by atoms with van der Waals surface area (Å²) < 4.78 is 15.5. The van der Waals surface area contributed by atoms with Crippen molar-refractivity contribution in [2.24, 2.45) is 7.05 Å². The molecular weight excluding hydrogens is 388 g/mol. The Kier molecular flexibility index (Phi) is 2.79. The molecule has 0 saturated heterocycles. The van der Waals surface area contributed by atoms with Crippen molar-refractivity contribution in [3.8, 4) is 5.75 Å². The van der Waals surface area contributed by atoms with E-state index in [-0.39, 0.29) is 5.69 Å². The van der Waals surface area contributed by atoms with Crippen LogP contribution in [0, 0.1) is 0 Å². The first-order valence-electron chi connectivity index (χ1n) is 7.50. The molecule has 5 aromatic rings. The van der Waals surface area contributed by atoms with Crippen LogP contribution in [-0.4, -0.2) is 26.0 Å². The summed E-state index contributed by atoms with van der Waals surface area (Å²) >= 11 is 3.56. The monoisotopic (exact) mass is 398 g/mol. The lowest BCUT2D eigenvalue weighted by molar-refractivity contribution is 0.412. The number of ether oxygens (including phenoxy) is 1. The standard InChI is InChI=1S/C17H11BrN4O3/c1-21-10-7-20-8-5-12(24-2)14(18)16-13(8)15(10)22(17(21)23)9-6-19-4-3-11(9)25-16/h3-7H,1-2H3. The number of hydrogen-bond donors (Lipinski definition) is 0. The van der Waals surface area contributed by atoms with E-state index in [1.807, 2.05) is 6.07 Å². The number of hydrogen-bond acceptors (Lipinski definition) is 5. The molecule has 0 atom stereocenters. The molecule has 0 aliphatic carbocycles. The molecule has 0 aliphatic rings. The van der Waals surface area contributed by atoms with Gasteiger partial charge in [-0.05, 0) is 15.9 Å². The Morgan fingerprint density at radius 3 is 2.92 bits per heavy atom. The predicted octanol–water partition coefficient (Wildman–Crippen LogP) is 3.25. The number of halogens is 1. The number of imidazole rings is 1. The maximum Gasteiger partial charge on any atom is 0.333 e. The van der Waals surface area contributed by atoms with Crippen molar-refractivity contribution in [3.63, 3.8) is 0 Å². The van der Waals surface area contributed by atoms with E-state index in [9.17, 15) is 4.79 Å². The van der Waals surface area contributed by atoms with Crippen LogP contribution in [0.5, 0.6) is 5.75 Å². The third-order valence-electron chi connectivity index (χ3n) is 4.47. The fourth-order valence-corrected chi connectivity index (χ4v) is 3.83. The van der Waals surface area contributed by atoms with Crippen LogP contribution in [0.4, 0.5) is 0 Å².